The number of rotatable bonds is 79. The van der Waals surface area contributed by atoms with Crippen LogP contribution in [-0.4, -0.2) is 82.3 Å². The van der Waals surface area contributed by atoms with Crippen LogP contribution in [0.25, 0.3) is 0 Å². The molecule has 0 aromatic rings. The van der Waals surface area contributed by atoms with Gasteiger partial charge in [0.15, 0.2) is 12.4 Å². The summed E-state index contributed by atoms with van der Waals surface area (Å²) in [5.74, 6) is -2.32. The van der Waals surface area contributed by atoms with E-state index >= 15 is 0 Å². The number of unbranched alkanes of at least 4 members (excludes halogenated alkanes) is 42. The topological polar surface area (TPSA) is 111 Å². The molecule has 0 amide bonds. The molecule has 586 valence electrons. The number of allylic oxidation sites excluding steroid dienone is 22. The summed E-state index contributed by atoms with van der Waals surface area (Å²) in [6, 6.07) is 0. The van der Waals surface area contributed by atoms with Crippen LogP contribution in [-0.2, 0) is 33.3 Å². The van der Waals surface area contributed by atoms with Gasteiger partial charge in [-0.2, -0.15) is 0 Å². The van der Waals surface area contributed by atoms with E-state index in [9.17, 15) is 19.5 Å². The molecule has 2 atom stereocenters. The highest BCUT2D eigenvalue weighted by atomic mass is 16.7. The number of likely N-dealkylation sites (N-methyl/N-ethyl adjacent to an activating group) is 1. The number of hydrogen-bond acceptors (Lipinski definition) is 8. The van der Waals surface area contributed by atoms with E-state index in [1.165, 1.54) is 238 Å². The molecule has 0 N–H and O–H groups in total. The maximum absolute atomic E-state index is 13.0. The van der Waals surface area contributed by atoms with Gasteiger partial charge in [-0.05, 0) is 96.3 Å². The van der Waals surface area contributed by atoms with Gasteiger partial charge in [-0.25, -0.2) is 0 Å². The van der Waals surface area contributed by atoms with Crippen LogP contribution in [0.3, 0.4) is 0 Å². The molecule has 0 spiro atoms. The number of nitrogens with zero attached hydrogens (tertiary/aromatic N) is 1. The van der Waals surface area contributed by atoms with E-state index < -0.39 is 24.3 Å². The van der Waals surface area contributed by atoms with Crippen LogP contribution >= 0.6 is 0 Å². The average Bonchev–Trinajstić information content (AvgIpc) is 1.02. The van der Waals surface area contributed by atoms with Crippen LogP contribution in [0.2, 0.25) is 0 Å². The molecule has 9 heteroatoms. The van der Waals surface area contributed by atoms with Crippen molar-refractivity contribution in [2.24, 2.45) is 0 Å². The summed E-state index contributed by atoms with van der Waals surface area (Å²) in [4.78, 5) is 37.6. The molecule has 0 rings (SSSR count). The molecule has 0 bridgehead atoms. The lowest BCUT2D eigenvalue weighted by molar-refractivity contribution is -0.870. The number of carboxylic acid groups (broad SMARTS) is 1. The van der Waals surface area contributed by atoms with Crippen LogP contribution in [0.5, 0.6) is 0 Å². The van der Waals surface area contributed by atoms with Crippen molar-refractivity contribution in [3.8, 4) is 0 Å². The molecule has 0 saturated carbocycles. The third-order valence-electron chi connectivity index (χ3n) is 18.7. The van der Waals surface area contributed by atoms with Gasteiger partial charge in [0.25, 0.3) is 0 Å². The third-order valence-corrected chi connectivity index (χ3v) is 18.7. The van der Waals surface area contributed by atoms with Crippen LogP contribution in [0.4, 0.5) is 0 Å². The lowest BCUT2D eigenvalue weighted by atomic mass is 10.0. The van der Waals surface area contributed by atoms with Gasteiger partial charge in [0, 0.05) is 12.8 Å². The van der Waals surface area contributed by atoms with Crippen molar-refractivity contribution >= 4 is 17.9 Å². The Kier molecular flexibility index (Phi) is 78.4. The highest BCUT2D eigenvalue weighted by molar-refractivity contribution is 5.70. The molecule has 0 aromatic heterocycles. The van der Waals surface area contributed by atoms with Crippen molar-refractivity contribution in [2.45, 2.75) is 392 Å². The van der Waals surface area contributed by atoms with E-state index in [0.29, 0.717) is 17.4 Å². The molecule has 0 heterocycles. The SMILES string of the molecule is CC/C=C\C/C=C\C/C=C\C/C=C\C/C=C\C/C=C\C/C=C\C/C=C\C/C=C\C/C=C\C/C=C\CCCCCC(=O)OC(COC(=O)CCCCCCCCCCCCCCCCCCCCCCCCCCCCCCCCCCCCCCCCCC)COC(OCC[N+](C)(C)C)C(=O)[O-]. The molecule has 0 aromatic carbocycles. The lowest BCUT2D eigenvalue weighted by Crippen LogP contribution is -2.44. The summed E-state index contributed by atoms with van der Waals surface area (Å²) in [7, 11) is 5.92. The second kappa shape index (κ2) is 82.1. The maximum Gasteiger partial charge on any atom is 0.306 e. The van der Waals surface area contributed by atoms with Crippen molar-refractivity contribution in [1.29, 1.82) is 0 Å². The molecule has 102 heavy (non-hydrogen) atoms. The minimum absolute atomic E-state index is 0.136. The van der Waals surface area contributed by atoms with Gasteiger partial charge < -0.3 is 33.3 Å². The van der Waals surface area contributed by atoms with Gasteiger partial charge in [0.1, 0.15) is 13.2 Å². The van der Waals surface area contributed by atoms with Crippen LogP contribution in [0.15, 0.2) is 134 Å². The first kappa shape index (κ1) is 97.4. The Morgan fingerprint density at radius 2 is 0.559 bits per heavy atom. The highest BCUT2D eigenvalue weighted by Crippen LogP contribution is 2.19. The molecule has 0 radical (unpaired) electrons. The Balaban J connectivity index is 4.06. The van der Waals surface area contributed by atoms with E-state index in [4.69, 9.17) is 18.9 Å². The van der Waals surface area contributed by atoms with Crippen LogP contribution < -0.4 is 5.11 Å². The fraction of sp³-hybridized carbons (Fsp3) is 0.731. The van der Waals surface area contributed by atoms with Gasteiger partial charge in [0.2, 0.25) is 0 Å². The molecule has 0 aliphatic carbocycles. The van der Waals surface area contributed by atoms with Gasteiger partial charge in [-0.3, -0.25) is 9.59 Å². The minimum Gasteiger partial charge on any atom is -0.545 e. The first-order chi connectivity index (χ1) is 50.1. The van der Waals surface area contributed by atoms with E-state index in [-0.39, 0.29) is 38.6 Å². The fourth-order valence-electron chi connectivity index (χ4n) is 12.2. The monoisotopic (exact) mass is 1420 g/mol. The smallest absolute Gasteiger partial charge is 0.306 e. The van der Waals surface area contributed by atoms with Crippen molar-refractivity contribution in [3.63, 3.8) is 0 Å². The van der Waals surface area contributed by atoms with Gasteiger partial charge in [-0.15, -0.1) is 0 Å². The highest BCUT2D eigenvalue weighted by Gasteiger charge is 2.22. The number of esters is 2. The summed E-state index contributed by atoms with van der Waals surface area (Å²) in [6.07, 6.45) is 116. The maximum atomic E-state index is 13.0. The molecule has 9 nitrogen and oxygen atoms in total. The van der Waals surface area contributed by atoms with Gasteiger partial charge >= 0.3 is 11.9 Å². The predicted molar refractivity (Wildman–Crippen MR) is 439 cm³/mol. The number of carbonyl (C=O) groups excluding carboxylic acids is 3. The van der Waals surface area contributed by atoms with Crippen LogP contribution in [0.1, 0.15) is 380 Å². The molecule has 0 aliphatic heterocycles. The third kappa shape index (κ3) is 82.7. The number of quaternary nitrogens is 1. The summed E-state index contributed by atoms with van der Waals surface area (Å²) >= 11 is 0. The minimum atomic E-state index is -1.64. The first-order valence-electron chi connectivity index (χ1n) is 42.8. The second-order valence-electron chi connectivity index (χ2n) is 29.8. The Morgan fingerprint density at radius 1 is 0.304 bits per heavy atom. The van der Waals surface area contributed by atoms with E-state index in [0.717, 1.165) is 109 Å². The number of ether oxygens (including phenoxy) is 4. The van der Waals surface area contributed by atoms with Crippen molar-refractivity contribution in [3.05, 3.63) is 134 Å². The number of aliphatic carboxylic acids is 1. The lowest BCUT2D eigenvalue weighted by Gasteiger charge is -2.26. The van der Waals surface area contributed by atoms with E-state index in [1.54, 1.807) is 0 Å². The number of carbonyl (C=O) groups is 3. The summed E-state index contributed by atoms with van der Waals surface area (Å²) in [6.45, 7) is 4.63. The zero-order valence-electron chi connectivity index (χ0n) is 67.2. The van der Waals surface area contributed by atoms with Crippen molar-refractivity contribution in [1.82, 2.24) is 0 Å². The molecule has 0 saturated heterocycles. The van der Waals surface area contributed by atoms with Gasteiger partial charge in [0.05, 0.1) is 40.3 Å². The predicted octanol–water partition coefficient (Wildman–Crippen LogP) is 26.7. The normalized spacial score (nSPS) is 13.3. The summed E-state index contributed by atoms with van der Waals surface area (Å²) < 4.78 is 22.8. The molecular formula is C93H161NO8. The average molecular weight is 1420 g/mol. The Morgan fingerprint density at radius 3 is 0.833 bits per heavy atom. The quantitative estimate of drug-likeness (QED) is 0.0195. The molecule has 2 unspecified atom stereocenters. The first-order valence-corrected chi connectivity index (χ1v) is 42.8. The standard InChI is InChI=1S/C93H161NO8/c1-6-8-10-12-14-16-18-20-22-24-26-28-30-32-34-36-38-40-42-44-45-46-48-49-51-53-55-57-59-61-63-65-67-69-71-73-75-77-79-81-83-90(95)100-87-89(88-101-93(92(97)98)99-86-85-94(3,4)5)102-91(96)84-82-80-78-76-74-72-70-68-66-64-62-60-58-56-54-52-50-47-43-41-39-37-35-33-31-29-27-25-23-21-19-17-15-13-11-9-7-2/h9,11,15,17,21,23,27,29,33,35,39,41,47,50,54,56,60,62,66,68,72,74,89,93H,6-8,10,12-14,16,18-20,22,24-26,28,30-32,34,36-38,40,42-46,48-49,51-53,55,57-59,61,63-65,67,69-71,73,75-88H2,1-5H3/b11-9-,17-15-,23-21-,29-27-,35-33-,41-39-,50-47-,56-54-,62-60-,68-66-,74-72-. The summed E-state index contributed by atoms with van der Waals surface area (Å²) in [5, 5.41) is 11.9. The molecule has 0 fully saturated rings. The number of carboxylic acids is 1. The fourth-order valence-corrected chi connectivity index (χ4v) is 12.2. The molecular weight excluding hydrogens is 1260 g/mol. The molecule has 0 aliphatic rings. The van der Waals surface area contributed by atoms with Crippen LogP contribution in [0, 0.1) is 0 Å². The Labute approximate surface area is 630 Å². The van der Waals surface area contributed by atoms with Gasteiger partial charge in [-0.1, -0.05) is 404 Å². The summed E-state index contributed by atoms with van der Waals surface area (Å²) in [5.41, 5.74) is 0. The Bertz CT molecular complexity index is 2150. The zero-order chi connectivity index (χ0) is 73.9. The Hall–Kier alpha value is -4.57. The van der Waals surface area contributed by atoms with E-state index in [2.05, 4.69) is 148 Å². The van der Waals surface area contributed by atoms with E-state index in [1.807, 2.05) is 21.1 Å². The van der Waals surface area contributed by atoms with Crippen molar-refractivity contribution in [2.75, 3.05) is 47.5 Å². The number of hydrogen-bond donors (Lipinski definition) is 0. The zero-order valence-corrected chi connectivity index (χ0v) is 67.2. The largest absolute Gasteiger partial charge is 0.545 e. The van der Waals surface area contributed by atoms with Crippen molar-refractivity contribution < 1.29 is 42.9 Å². The second-order valence-corrected chi connectivity index (χ2v) is 29.8.